The quantitative estimate of drug-likeness (QED) is 0.739. The molecule has 2 atom stereocenters. The van der Waals surface area contributed by atoms with Gasteiger partial charge in [-0.15, -0.1) is 0 Å². The zero-order chi connectivity index (χ0) is 18.6. The molecule has 2 heteroatoms. The number of nitrogens with one attached hydrogen (secondary N) is 1. The van der Waals surface area contributed by atoms with Crippen LogP contribution in [0.1, 0.15) is 55.2 Å². The highest BCUT2D eigenvalue weighted by Crippen LogP contribution is 2.66. The summed E-state index contributed by atoms with van der Waals surface area (Å²) in [6, 6.07) is 17.3. The van der Waals surface area contributed by atoms with Crippen LogP contribution in [-0.2, 0) is 10.2 Å². The largest absolute Gasteiger partial charge is 0.326 e. The molecule has 2 aromatic rings. The summed E-state index contributed by atoms with van der Waals surface area (Å²) in [7, 11) is 0. The second-order valence-electron chi connectivity index (χ2n) is 9.71. The number of hydrogen-bond acceptors (Lipinski definition) is 1. The molecule has 1 amide bonds. The number of carbonyl (C=O) groups excluding carboxylic acids is 1. The maximum absolute atomic E-state index is 13.5. The van der Waals surface area contributed by atoms with E-state index in [4.69, 9.17) is 0 Å². The highest BCUT2D eigenvalue weighted by Gasteiger charge is 2.60. The van der Waals surface area contributed by atoms with Crippen molar-refractivity contribution in [2.24, 2.45) is 17.3 Å². The molecule has 4 aliphatic carbocycles. The molecule has 0 aromatic heterocycles. The summed E-state index contributed by atoms with van der Waals surface area (Å²) in [6.07, 6.45) is 7.04. The van der Waals surface area contributed by atoms with Gasteiger partial charge in [-0.05, 0) is 92.9 Å². The maximum atomic E-state index is 13.5. The predicted molar refractivity (Wildman–Crippen MR) is 110 cm³/mol. The maximum Gasteiger partial charge on any atom is 0.230 e. The molecule has 6 rings (SSSR count). The number of hydrogen-bond donors (Lipinski definition) is 1. The highest BCUT2D eigenvalue weighted by molar-refractivity contribution is 5.96. The summed E-state index contributed by atoms with van der Waals surface area (Å²) in [5.41, 5.74) is 4.94. The minimum absolute atomic E-state index is 0.182. The Labute approximate surface area is 162 Å². The Morgan fingerprint density at radius 2 is 1.63 bits per heavy atom. The summed E-state index contributed by atoms with van der Waals surface area (Å²) in [5, 5.41) is 3.28. The van der Waals surface area contributed by atoms with Crippen molar-refractivity contribution in [3.8, 4) is 0 Å². The highest BCUT2D eigenvalue weighted by atomic mass is 16.2. The first-order valence-corrected chi connectivity index (χ1v) is 10.4. The van der Waals surface area contributed by atoms with Crippen molar-refractivity contribution in [1.82, 2.24) is 0 Å². The van der Waals surface area contributed by atoms with Gasteiger partial charge in [0.2, 0.25) is 5.91 Å². The Morgan fingerprint density at radius 3 is 2.30 bits per heavy atom. The Hall–Kier alpha value is -2.09. The van der Waals surface area contributed by atoms with E-state index < -0.39 is 0 Å². The molecule has 2 unspecified atom stereocenters. The van der Waals surface area contributed by atoms with Crippen molar-refractivity contribution in [2.75, 3.05) is 5.32 Å². The molecule has 4 bridgehead atoms. The average Bonchev–Trinajstić information content (AvgIpc) is 2.61. The number of benzene rings is 2. The van der Waals surface area contributed by atoms with E-state index in [-0.39, 0.29) is 16.7 Å². The fourth-order valence-electron chi connectivity index (χ4n) is 6.76. The van der Waals surface area contributed by atoms with Crippen LogP contribution >= 0.6 is 0 Å². The summed E-state index contributed by atoms with van der Waals surface area (Å²) in [4.78, 5) is 13.5. The number of anilines is 1. The molecule has 0 radical (unpaired) electrons. The first-order valence-electron chi connectivity index (χ1n) is 10.4. The Kier molecular flexibility index (Phi) is 3.76. The Balaban J connectivity index is 1.47. The normalized spacial score (nSPS) is 33.9. The van der Waals surface area contributed by atoms with Crippen LogP contribution in [-0.4, -0.2) is 5.91 Å². The van der Waals surface area contributed by atoms with E-state index in [2.05, 4.69) is 55.6 Å². The number of rotatable bonds is 3. The molecule has 1 N–H and O–H groups in total. The molecule has 0 heterocycles. The van der Waals surface area contributed by atoms with E-state index in [1.165, 1.54) is 36.0 Å². The van der Waals surface area contributed by atoms with Crippen LogP contribution in [0.3, 0.4) is 0 Å². The molecule has 0 aliphatic heterocycles. The van der Waals surface area contributed by atoms with Crippen LogP contribution in [0.15, 0.2) is 48.5 Å². The summed E-state index contributed by atoms with van der Waals surface area (Å²) < 4.78 is 0. The third kappa shape index (κ3) is 2.81. The third-order valence-corrected chi connectivity index (χ3v) is 7.48. The van der Waals surface area contributed by atoms with Crippen LogP contribution in [0.4, 0.5) is 5.69 Å². The zero-order valence-electron chi connectivity index (χ0n) is 16.4. The van der Waals surface area contributed by atoms with Crippen LogP contribution < -0.4 is 5.32 Å². The summed E-state index contributed by atoms with van der Waals surface area (Å²) in [5.74, 6) is 1.67. The molecule has 4 fully saturated rings. The monoisotopic (exact) mass is 359 g/mol. The van der Waals surface area contributed by atoms with Gasteiger partial charge in [-0.3, -0.25) is 4.79 Å². The van der Waals surface area contributed by atoms with Crippen molar-refractivity contribution in [2.45, 2.75) is 57.8 Å². The lowest BCUT2D eigenvalue weighted by Gasteiger charge is -2.61. The lowest BCUT2D eigenvalue weighted by molar-refractivity contribution is -0.143. The van der Waals surface area contributed by atoms with Crippen LogP contribution in [0.2, 0.25) is 0 Å². The molecule has 140 valence electrons. The van der Waals surface area contributed by atoms with Gasteiger partial charge in [0, 0.05) is 5.69 Å². The molecule has 0 spiro atoms. The Bertz CT molecular complexity index is 867. The minimum Gasteiger partial charge on any atom is -0.326 e. The zero-order valence-corrected chi connectivity index (χ0v) is 16.4. The minimum atomic E-state index is -0.182. The van der Waals surface area contributed by atoms with Crippen molar-refractivity contribution in [3.05, 3.63) is 65.2 Å². The fraction of sp³-hybridized carbons (Fsp3) is 0.480. The number of amides is 1. The van der Waals surface area contributed by atoms with Gasteiger partial charge in [0.05, 0.1) is 5.41 Å². The molecule has 0 saturated heterocycles. The summed E-state index contributed by atoms with van der Waals surface area (Å²) >= 11 is 0. The van der Waals surface area contributed by atoms with Gasteiger partial charge in [-0.25, -0.2) is 0 Å². The third-order valence-electron chi connectivity index (χ3n) is 7.48. The van der Waals surface area contributed by atoms with Gasteiger partial charge in [0.25, 0.3) is 0 Å². The Morgan fingerprint density at radius 1 is 0.926 bits per heavy atom. The number of carbonyl (C=O) groups is 1. The lowest BCUT2D eigenvalue weighted by atomic mass is 9.42. The van der Waals surface area contributed by atoms with Crippen molar-refractivity contribution in [1.29, 1.82) is 0 Å². The second-order valence-corrected chi connectivity index (χ2v) is 9.71. The topological polar surface area (TPSA) is 29.1 Å². The van der Waals surface area contributed by atoms with E-state index >= 15 is 0 Å². The van der Waals surface area contributed by atoms with E-state index in [0.717, 1.165) is 24.9 Å². The SMILES string of the molecule is Cc1ccc(C23CC4CC(CC(C(=O)Nc5cccc(C)c5)(C4)C2)C3)cc1. The van der Waals surface area contributed by atoms with Gasteiger partial charge < -0.3 is 5.32 Å². The van der Waals surface area contributed by atoms with Gasteiger partial charge in [0.1, 0.15) is 0 Å². The molecule has 4 aliphatic rings. The predicted octanol–water partition coefficient (Wildman–Crippen LogP) is 5.78. The second kappa shape index (κ2) is 5.95. The number of aryl methyl sites for hydroxylation is 2. The van der Waals surface area contributed by atoms with Crippen LogP contribution in [0, 0.1) is 31.1 Å². The molecular formula is C25H29NO. The standard InChI is InChI=1S/C25H29NO/c1-17-6-8-21(9-7-17)24-12-19-11-20(13-24)15-25(14-19,16-24)23(27)26-22-5-3-4-18(2)10-22/h3-10,19-20H,11-16H2,1-2H3,(H,26,27). The van der Waals surface area contributed by atoms with Gasteiger partial charge in [-0.2, -0.15) is 0 Å². The molecule has 27 heavy (non-hydrogen) atoms. The van der Waals surface area contributed by atoms with Gasteiger partial charge >= 0.3 is 0 Å². The van der Waals surface area contributed by atoms with Crippen molar-refractivity contribution in [3.63, 3.8) is 0 Å². The van der Waals surface area contributed by atoms with Gasteiger partial charge in [-0.1, -0.05) is 42.0 Å². The van der Waals surface area contributed by atoms with E-state index in [1.54, 1.807) is 0 Å². The van der Waals surface area contributed by atoms with Crippen LogP contribution in [0.5, 0.6) is 0 Å². The molecule has 2 nitrogen and oxygen atoms in total. The average molecular weight is 360 g/mol. The molecular weight excluding hydrogens is 330 g/mol. The first-order chi connectivity index (χ1) is 13.0. The van der Waals surface area contributed by atoms with Crippen molar-refractivity contribution < 1.29 is 4.79 Å². The van der Waals surface area contributed by atoms with E-state index in [9.17, 15) is 4.79 Å². The first kappa shape index (κ1) is 17.0. The van der Waals surface area contributed by atoms with Crippen LogP contribution in [0.25, 0.3) is 0 Å². The molecule has 2 aromatic carbocycles. The van der Waals surface area contributed by atoms with Crippen molar-refractivity contribution >= 4 is 11.6 Å². The van der Waals surface area contributed by atoms with E-state index in [0.29, 0.717) is 11.8 Å². The van der Waals surface area contributed by atoms with E-state index in [1.807, 2.05) is 12.1 Å². The molecule has 4 saturated carbocycles. The van der Waals surface area contributed by atoms with Gasteiger partial charge in [0.15, 0.2) is 0 Å². The fourth-order valence-corrected chi connectivity index (χ4v) is 6.76. The lowest BCUT2D eigenvalue weighted by Crippen LogP contribution is -2.57. The smallest absolute Gasteiger partial charge is 0.230 e. The summed E-state index contributed by atoms with van der Waals surface area (Å²) in [6.45, 7) is 4.23.